The second-order valence-electron chi connectivity index (χ2n) is 5.82. The van der Waals surface area contributed by atoms with Gasteiger partial charge in [-0.05, 0) is 35.9 Å². The summed E-state index contributed by atoms with van der Waals surface area (Å²) in [7, 11) is 1.48. The van der Waals surface area contributed by atoms with Crippen LogP contribution >= 0.6 is 0 Å². The standard InChI is InChI=1S/C19H14F3N3O2/c1-25-10-12(5-7-16(25)26)19(27)24-17(18-14(21)3-2-8-23-18)11-4-6-13(20)15(22)9-11/h2-10,17H,1H3,(H,24,27)/t17-/m0/s1. The maximum absolute atomic E-state index is 14.2. The average Bonchev–Trinajstić information content (AvgIpc) is 2.65. The Balaban J connectivity index is 2.03. The Morgan fingerprint density at radius 2 is 1.85 bits per heavy atom. The number of carbonyl (C=O) groups is 1. The van der Waals surface area contributed by atoms with E-state index in [4.69, 9.17) is 0 Å². The van der Waals surface area contributed by atoms with Crippen LogP contribution in [0.15, 0.2) is 59.7 Å². The Bertz CT molecular complexity index is 1070. The zero-order valence-corrected chi connectivity index (χ0v) is 14.1. The lowest BCUT2D eigenvalue weighted by Gasteiger charge is -2.20. The van der Waals surface area contributed by atoms with Gasteiger partial charge in [-0.1, -0.05) is 6.07 Å². The molecule has 0 saturated carbocycles. The zero-order chi connectivity index (χ0) is 19.6. The largest absolute Gasteiger partial charge is 0.339 e. The van der Waals surface area contributed by atoms with Gasteiger partial charge in [0.1, 0.15) is 11.5 Å². The van der Waals surface area contributed by atoms with E-state index in [2.05, 4.69) is 10.3 Å². The summed E-state index contributed by atoms with van der Waals surface area (Å²) < 4.78 is 42.4. The summed E-state index contributed by atoms with van der Waals surface area (Å²) in [4.78, 5) is 28.0. The molecule has 0 radical (unpaired) electrons. The second-order valence-corrected chi connectivity index (χ2v) is 5.82. The minimum Gasteiger partial charge on any atom is -0.339 e. The van der Waals surface area contributed by atoms with E-state index >= 15 is 0 Å². The Labute approximate surface area is 152 Å². The first-order chi connectivity index (χ1) is 12.9. The third-order valence-corrected chi connectivity index (χ3v) is 3.96. The highest BCUT2D eigenvalue weighted by molar-refractivity contribution is 5.94. The van der Waals surface area contributed by atoms with Crippen molar-refractivity contribution in [1.82, 2.24) is 14.9 Å². The number of aromatic nitrogens is 2. The van der Waals surface area contributed by atoms with Gasteiger partial charge < -0.3 is 9.88 Å². The van der Waals surface area contributed by atoms with Crippen molar-refractivity contribution in [1.29, 1.82) is 0 Å². The fourth-order valence-electron chi connectivity index (χ4n) is 2.55. The van der Waals surface area contributed by atoms with Crippen LogP contribution < -0.4 is 10.9 Å². The first-order valence-corrected chi connectivity index (χ1v) is 7.89. The molecule has 1 aromatic carbocycles. The number of pyridine rings is 2. The Hall–Kier alpha value is -3.42. The van der Waals surface area contributed by atoms with E-state index in [0.717, 1.165) is 18.2 Å². The van der Waals surface area contributed by atoms with Crippen molar-refractivity contribution >= 4 is 5.91 Å². The fourth-order valence-corrected chi connectivity index (χ4v) is 2.55. The van der Waals surface area contributed by atoms with Crippen molar-refractivity contribution in [2.24, 2.45) is 7.05 Å². The van der Waals surface area contributed by atoms with Crippen molar-refractivity contribution in [3.63, 3.8) is 0 Å². The third kappa shape index (κ3) is 3.89. The third-order valence-electron chi connectivity index (χ3n) is 3.96. The molecule has 5 nitrogen and oxygen atoms in total. The predicted molar refractivity (Wildman–Crippen MR) is 91.5 cm³/mol. The van der Waals surface area contributed by atoms with E-state index in [9.17, 15) is 22.8 Å². The number of hydrogen-bond acceptors (Lipinski definition) is 3. The van der Waals surface area contributed by atoms with Gasteiger partial charge in [-0.25, -0.2) is 13.2 Å². The fraction of sp³-hybridized carbons (Fsp3) is 0.105. The van der Waals surface area contributed by atoms with Crippen molar-refractivity contribution < 1.29 is 18.0 Å². The molecule has 1 atom stereocenters. The zero-order valence-electron chi connectivity index (χ0n) is 14.1. The molecule has 27 heavy (non-hydrogen) atoms. The highest BCUT2D eigenvalue weighted by atomic mass is 19.2. The Kier molecular flexibility index (Phi) is 5.07. The minimum absolute atomic E-state index is 0.115. The molecule has 8 heteroatoms. The van der Waals surface area contributed by atoms with Crippen LogP contribution in [0.5, 0.6) is 0 Å². The van der Waals surface area contributed by atoms with Gasteiger partial charge in [0, 0.05) is 25.5 Å². The molecular weight excluding hydrogens is 359 g/mol. The Morgan fingerprint density at radius 3 is 2.52 bits per heavy atom. The van der Waals surface area contributed by atoms with Gasteiger partial charge in [-0.2, -0.15) is 0 Å². The van der Waals surface area contributed by atoms with Gasteiger partial charge in [-0.15, -0.1) is 0 Å². The molecule has 0 aliphatic carbocycles. The van der Waals surface area contributed by atoms with E-state index < -0.39 is 29.4 Å². The van der Waals surface area contributed by atoms with E-state index in [0.29, 0.717) is 0 Å². The lowest BCUT2D eigenvalue weighted by atomic mass is 10.0. The van der Waals surface area contributed by atoms with Gasteiger partial charge in [0.15, 0.2) is 11.6 Å². The molecule has 0 spiro atoms. The van der Waals surface area contributed by atoms with Crippen molar-refractivity contribution in [3.05, 3.63) is 99.5 Å². The first-order valence-electron chi connectivity index (χ1n) is 7.89. The van der Waals surface area contributed by atoms with Gasteiger partial charge in [0.25, 0.3) is 5.91 Å². The molecule has 0 saturated heterocycles. The molecule has 2 aromatic heterocycles. The summed E-state index contributed by atoms with van der Waals surface area (Å²) in [5.74, 6) is -3.55. The molecule has 1 N–H and O–H groups in total. The van der Waals surface area contributed by atoms with Crippen LogP contribution in [0.3, 0.4) is 0 Å². The van der Waals surface area contributed by atoms with Crippen LogP contribution in [0.1, 0.15) is 27.7 Å². The maximum Gasteiger partial charge on any atom is 0.253 e. The highest BCUT2D eigenvalue weighted by Crippen LogP contribution is 2.24. The molecule has 0 aliphatic heterocycles. The molecular formula is C19H14F3N3O2. The van der Waals surface area contributed by atoms with E-state index in [1.54, 1.807) is 0 Å². The molecule has 138 valence electrons. The monoisotopic (exact) mass is 373 g/mol. The van der Waals surface area contributed by atoms with E-state index in [1.165, 1.54) is 48.3 Å². The number of amides is 1. The number of nitrogens with one attached hydrogen (secondary N) is 1. The van der Waals surface area contributed by atoms with Crippen LogP contribution in [0, 0.1) is 17.5 Å². The number of hydrogen-bond donors (Lipinski definition) is 1. The van der Waals surface area contributed by atoms with Gasteiger partial charge in [-0.3, -0.25) is 14.6 Å². The van der Waals surface area contributed by atoms with E-state index in [-0.39, 0.29) is 22.4 Å². The van der Waals surface area contributed by atoms with Crippen LogP contribution in [0.25, 0.3) is 0 Å². The molecule has 1 amide bonds. The smallest absolute Gasteiger partial charge is 0.253 e. The topological polar surface area (TPSA) is 64.0 Å². The molecule has 0 aliphatic rings. The number of benzene rings is 1. The minimum atomic E-state index is -1.16. The van der Waals surface area contributed by atoms with Crippen LogP contribution in [-0.4, -0.2) is 15.5 Å². The van der Waals surface area contributed by atoms with Gasteiger partial charge in [0.2, 0.25) is 5.56 Å². The van der Waals surface area contributed by atoms with E-state index in [1.807, 2.05) is 0 Å². The molecule has 3 aromatic rings. The van der Waals surface area contributed by atoms with Gasteiger partial charge in [0.05, 0.1) is 11.6 Å². The predicted octanol–water partition coefficient (Wildman–Crippen LogP) is 2.72. The quantitative estimate of drug-likeness (QED) is 0.765. The molecule has 0 bridgehead atoms. The lowest BCUT2D eigenvalue weighted by molar-refractivity contribution is 0.0941. The number of halogens is 3. The molecule has 0 fully saturated rings. The van der Waals surface area contributed by atoms with Crippen molar-refractivity contribution in [2.75, 3.05) is 0 Å². The number of aryl methyl sites for hydroxylation is 1. The summed E-state index contributed by atoms with van der Waals surface area (Å²) in [6.07, 6.45) is 2.64. The van der Waals surface area contributed by atoms with Crippen LogP contribution in [0.2, 0.25) is 0 Å². The highest BCUT2D eigenvalue weighted by Gasteiger charge is 2.23. The Morgan fingerprint density at radius 1 is 1.07 bits per heavy atom. The van der Waals surface area contributed by atoms with Crippen molar-refractivity contribution in [2.45, 2.75) is 6.04 Å². The van der Waals surface area contributed by atoms with Crippen LogP contribution in [0.4, 0.5) is 13.2 Å². The average molecular weight is 373 g/mol. The summed E-state index contributed by atoms with van der Waals surface area (Å²) in [5.41, 5.74) is -0.202. The normalized spacial score (nSPS) is 11.9. The first kappa shape index (κ1) is 18.4. The number of nitrogens with zero attached hydrogens (tertiary/aromatic N) is 2. The molecule has 0 unspecified atom stereocenters. The van der Waals surface area contributed by atoms with Crippen LogP contribution in [-0.2, 0) is 7.05 Å². The summed E-state index contributed by atoms with van der Waals surface area (Å²) in [6, 6.07) is 6.87. The van der Waals surface area contributed by atoms with Crippen molar-refractivity contribution in [3.8, 4) is 0 Å². The molecule has 2 heterocycles. The number of carbonyl (C=O) groups excluding carboxylic acids is 1. The number of rotatable bonds is 4. The summed E-state index contributed by atoms with van der Waals surface area (Å²) >= 11 is 0. The SMILES string of the molecule is Cn1cc(C(=O)N[C@@H](c2ccc(F)c(F)c2)c2ncccc2F)ccc1=O. The second kappa shape index (κ2) is 7.45. The van der Waals surface area contributed by atoms with Gasteiger partial charge >= 0.3 is 0 Å². The summed E-state index contributed by atoms with van der Waals surface area (Å²) in [6.45, 7) is 0. The maximum atomic E-state index is 14.2. The summed E-state index contributed by atoms with van der Waals surface area (Å²) in [5, 5.41) is 2.55. The molecule has 3 rings (SSSR count). The lowest BCUT2D eigenvalue weighted by Crippen LogP contribution is -2.31.